The number of benzene rings is 2. The van der Waals surface area contributed by atoms with Crippen LogP contribution < -0.4 is 9.41 Å². The summed E-state index contributed by atoms with van der Waals surface area (Å²) in [6, 6.07) is 11.2. The molecule has 1 heterocycles. The summed E-state index contributed by atoms with van der Waals surface area (Å²) in [5, 5.41) is 11.1. The number of anilines is 1. The number of para-hydroxylation sites is 1. The van der Waals surface area contributed by atoms with E-state index in [0.29, 0.717) is 17.7 Å². The summed E-state index contributed by atoms with van der Waals surface area (Å²) in [5.41, 5.74) is 1.98. The first-order valence-electron chi connectivity index (χ1n) is 7.26. The van der Waals surface area contributed by atoms with Crippen molar-refractivity contribution in [2.24, 2.45) is 0 Å². The van der Waals surface area contributed by atoms with E-state index >= 15 is 0 Å². The van der Waals surface area contributed by atoms with E-state index in [1.165, 1.54) is 22.5 Å². The molecule has 0 bridgehead atoms. The molecule has 0 radical (unpaired) electrons. The van der Waals surface area contributed by atoms with Gasteiger partial charge >= 0.3 is 0 Å². The number of aryl methyl sites for hydroxylation is 1. The number of rotatable bonds is 3. The van der Waals surface area contributed by atoms with Crippen molar-refractivity contribution in [3.63, 3.8) is 0 Å². The quantitative estimate of drug-likeness (QED) is 0.854. The van der Waals surface area contributed by atoms with Crippen LogP contribution in [0.5, 0.6) is 0 Å². The standard InChI is InChI=1S/C17H17NO4S/c1-11-7-8-14(17(19)20)10-16(11)23(21,22)18-12(2)9-13-5-3-4-6-15(13)18/h3-8,10,12H,9H2,1-2H3,(H,19,20)/p-1/t12-/m1/s1. The van der Waals surface area contributed by atoms with Gasteiger partial charge in [0, 0.05) is 6.04 Å². The van der Waals surface area contributed by atoms with Crippen LogP contribution in [0.1, 0.15) is 28.4 Å². The Hall–Kier alpha value is -2.34. The third-order valence-corrected chi connectivity index (χ3v) is 6.18. The van der Waals surface area contributed by atoms with E-state index in [9.17, 15) is 18.3 Å². The first-order valence-corrected chi connectivity index (χ1v) is 8.70. The summed E-state index contributed by atoms with van der Waals surface area (Å²) in [6.07, 6.45) is 0.634. The lowest BCUT2D eigenvalue weighted by Gasteiger charge is -2.25. The molecule has 3 rings (SSSR count). The second-order valence-electron chi connectivity index (χ2n) is 5.75. The van der Waals surface area contributed by atoms with Crippen LogP contribution in [0.25, 0.3) is 0 Å². The third-order valence-electron chi connectivity index (χ3n) is 4.11. The molecule has 120 valence electrons. The van der Waals surface area contributed by atoms with Gasteiger partial charge in [-0.1, -0.05) is 30.3 Å². The van der Waals surface area contributed by atoms with Gasteiger partial charge in [0.25, 0.3) is 10.0 Å². The molecule has 0 saturated carbocycles. The molecule has 0 saturated heterocycles. The van der Waals surface area contributed by atoms with Gasteiger partial charge in [-0.25, -0.2) is 8.42 Å². The molecule has 23 heavy (non-hydrogen) atoms. The van der Waals surface area contributed by atoms with Crippen LogP contribution in [0.15, 0.2) is 47.4 Å². The lowest BCUT2D eigenvalue weighted by molar-refractivity contribution is -0.255. The number of carboxylic acids is 1. The highest BCUT2D eigenvalue weighted by atomic mass is 32.2. The average molecular weight is 330 g/mol. The smallest absolute Gasteiger partial charge is 0.264 e. The number of carboxylic acid groups (broad SMARTS) is 1. The predicted octanol–water partition coefficient (Wildman–Crippen LogP) is 1.50. The molecule has 5 nitrogen and oxygen atoms in total. The number of hydrogen-bond donors (Lipinski definition) is 0. The van der Waals surface area contributed by atoms with Crippen molar-refractivity contribution in [2.75, 3.05) is 4.31 Å². The zero-order valence-electron chi connectivity index (χ0n) is 12.8. The monoisotopic (exact) mass is 330 g/mol. The fraction of sp³-hybridized carbons (Fsp3) is 0.235. The van der Waals surface area contributed by atoms with Crippen LogP contribution in [0.4, 0.5) is 5.69 Å². The first kappa shape index (κ1) is 15.6. The molecule has 1 aliphatic heterocycles. The maximum Gasteiger partial charge on any atom is 0.264 e. The minimum Gasteiger partial charge on any atom is -0.545 e. The van der Waals surface area contributed by atoms with Gasteiger partial charge in [0.05, 0.1) is 16.6 Å². The van der Waals surface area contributed by atoms with Gasteiger partial charge in [0.15, 0.2) is 0 Å². The van der Waals surface area contributed by atoms with Gasteiger partial charge < -0.3 is 9.90 Å². The number of aromatic carboxylic acids is 1. The van der Waals surface area contributed by atoms with Crippen LogP contribution in [-0.2, 0) is 16.4 Å². The van der Waals surface area contributed by atoms with E-state index in [2.05, 4.69) is 0 Å². The van der Waals surface area contributed by atoms with E-state index in [-0.39, 0.29) is 16.5 Å². The third kappa shape index (κ3) is 2.49. The Morgan fingerprint density at radius 3 is 2.61 bits per heavy atom. The molecule has 2 aromatic carbocycles. The van der Waals surface area contributed by atoms with E-state index in [0.717, 1.165) is 5.56 Å². The Labute approximate surface area is 135 Å². The van der Waals surface area contributed by atoms with Crippen molar-refractivity contribution in [3.8, 4) is 0 Å². The number of fused-ring (bicyclic) bond motifs is 1. The SMILES string of the molecule is Cc1ccc(C(=O)[O-])cc1S(=O)(=O)N1c2ccccc2C[C@H]1C. The zero-order chi connectivity index (χ0) is 16.8. The van der Waals surface area contributed by atoms with Crippen LogP contribution in [0, 0.1) is 6.92 Å². The van der Waals surface area contributed by atoms with E-state index in [1.807, 2.05) is 19.1 Å². The van der Waals surface area contributed by atoms with Crippen molar-refractivity contribution in [2.45, 2.75) is 31.2 Å². The highest BCUT2D eigenvalue weighted by Gasteiger charge is 2.36. The summed E-state index contributed by atoms with van der Waals surface area (Å²) in [6.45, 7) is 3.49. The number of carbonyl (C=O) groups is 1. The minimum atomic E-state index is -3.85. The number of sulfonamides is 1. The predicted molar refractivity (Wildman–Crippen MR) is 84.8 cm³/mol. The first-order chi connectivity index (χ1) is 10.8. The molecule has 0 unspecified atom stereocenters. The fourth-order valence-corrected chi connectivity index (χ4v) is 4.96. The maximum atomic E-state index is 13.1. The van der Waals surface area contributed by atoms with E-state index in [4.69, 9.17) is 0 Å². The Balaban J connectivity index is 2.17. The summed E-state index contributed by atoms with van der Waals surface area (Å²) >= 11 is 0. The van der Waals surface area contributed by atoms with Gasteiger partial charge in [-0.05, 0) is 49.1 Å². The lowest BCUT2D eigenvalue weighted by atomic mass is 10.1. The van der Waals surface area contributed by atoms with Crippen LogP contribution in [0.3, 0.4) is 0 Å². The van der Waals surface area contributed by atoms with Gasteiger partial charge in [-0.15, -0.1) is 0 Å². The van der Waals surface area contributed by atoms with Crippen molar-refractivity contribution >= 4 is 21.7 Å². The molecule has 0 spiro atoms. The summed E-state index contributed by atoms with van der Waals surface area (Å²) in [4.78, 5) is 11.1. The van der Waals surface area contributed by atoms with Crippen molar-refractivity contribution in [1.82, 2.24) is 0 Å². The number of nitrogens with zero attached hydrogens (tertiary/aromatic N) is 1. The molecule has 0 amide bonds. The molecule has 1 atom stereocenters. The molecule has 0 aromatic heterocycles. The minimum absolute atomic E-state index is 0.00255. The van der Waals surface area contributed by atoms with Gasteiger partial charge in [0.2, 0.25) is 0 Å². The normalized spacial score (nSPS) is 17.1. The number of carbonyl (C=O) groups excluding carboxylic acids is 1. The van der Waals surface area contributed by atoms with E-state index < -0.39 is 16.0 Å². The molecule has 0 fully saturated rings. The Bertz CT molecular complexity index is 889. The largest absolute Gasteiger partial charge is 0.545 e. The fourth-order valence-electron chi connectivity index (χ4n) is 3.01. The van der Waals surface area contributed by atoms with Crippen LogP contribution >= 0.6 is 0 Å². The zero-order valence-corrected chi connectivity index (χ0v) is 13.6. The molecule has 0 aliphatic carbocycles. The van der Waals surface area contributed by atoms with Gasteiger partial charge in [-0.2, -0.15) is 0 Å². The van der Waals surface area contributed by atoms with Gasteiger partial charge in [0.1, 0.15) is 0 Å². The summed E-state index contributed by atoms with van der Waals surface area (Å²) < 4.78 is 27.6. The Morgan fingerprint density at radius 2 is 1.91 bits per heavy atom. The van der Waals surface area contributed by atoms with Crippen molar-refractivity contribution < 1.29 is 18.3 Å². The second kappa shape index (κ2) is 5.38. The second-order valence-corrected chi connectivity index (χ2v) is 7.53. The van der Waals surface area contributed by atoms with Crippen LogP contribution in [0.2, 0.25) is 0 Å². The molecule has 1 aliphatic rings. The lowest BCUT2D eigenvalue weighted by Crippen LogP contribution is -2.36. The summed E-state index contributed by atoms with van der Waals surface area (Å²) in [5.74, 6) is -1.39. The Morgan fingerprint density at radius 1 is 1.22 bits per heavy atom. The molecular formula is C17H16NO4S-. The topological polar surface area (TPSA) is 77.5 Å². The van der Waals surface area contributed by atoms with Crippen molar-refractivity contribution in [3.05, 3.63) is 59.2 Å². The summed E-state index contributed by atoms with van der Waals surface area (Å²) in [7, 11) is -3.85. The van der Waals surface area contributed by atoms with Crippen molar-refractivity contribution in [1.29, 1.82) is 0 Å². The van der Waals surface area contributed by atoms with Gasteiger partial charge in [-0.3, -0.25) is 4.31 Å². The number of hydrogen-bond acceptors (Lipinski definition) is 4. The van der Waals surface area contributed by atoms with Crippen LogP contribution in [-0.4, -0.2) is 20.4 Å². The van der Waals surface area contributed by atoms with E-state index in [1.54, 1.807) is 19.1 Å². The molecule has 2 aromatic rings. The molecule has 0 N–H and O–H groups in total. The highest BCUT2D eigenvalue weighted by Crippen LogP contribution is 2.37. The maximum absolute atomic E-state index is 13.1. The highest BCUT2D eigenvalue weighted by molar-refractivity contribution is 7.93. The Kier molecular flexibility index (Phi) is 3.64. The average Bonchev–Trinajstić information content (AvgIpc) is 2.83. The molecular weight excluding hydrogens is 314 g/mol. The molecule has 6 heteroatoms.